The highest BCUT2D eigenvalue weighted by atomic mass is 16.2. The Morgan fingerprint density at radius 1 is 1.00 bits per heavy atom. The van der Waals surface area contributed by atoms with Gasteiger partial charge in [0.05, 0.1) is 5.69 Å². The number of hydrazone groups is 1. The van der Waals surface area contributed by atoms with E-state index >= 15 is 0 Å². The predicted molar refractivity (Wildman–Crippen MR) is 114 cm³/mol. The van der Waals surface area contributed by atoms with Gasteiger partial charge in [0.25, 0.3) is 5.91 Å². The van der Waals surface area contributed by atoms with Gasteiger partial charge in [-0.3, -0.25) is 14.4 Å². The third-order valence-electron chi connectivity index (χ3n) is 4.78. The van der Waals surface area contributed by atoms with Crippen LogP contribution in [0.1, 0.15) is 36.5 Å². The quantitative estimate of drug-likeness (QED) is 0.831. The molecular formula is C22H24N4O3. The molecular weight excluding hydrogens is 368 g/mol. The summed E-state index contributed by atoms with van der Waals surface area (Å²) in [6.45, 7) is 7.10. The molecule has 1 aliphatic heterocycles. The van der Waals surface area contributed by atoms with Crippen LogP contribution in [0.25, 0.3) is 0 Å². The largest absolute Gasteiger partial charge is 0.326 e. The Kier molecular flexibility index (Phi) is 5.77. The van der Waals surface area contributed by atoms with E-state index in [0.717, 1.165) is 16.7 Å². The summed E-state index contributed by atoms with van der Waals surface area (Å²) in [4.78, 5) is 36.6. The minimum atomic E-state index is -0.365. The first-order valence-electron chi connectivity index (χ1n) is 9.42. The normalized spacial score (nSPS) is 13.7. The van der Waals surface area contributed by atoms with Gasteiger partial charge in [-0.25, -0.2) is 5.01 Å². The van der Waals surface area contributed by atoms with Gasteiger partial charge in [0.15, 0.2) is 0 Å². The van der Waals surface area contributed by atoms with Crippen molar-refractivity contribution in [2.75, 3.05) is 15.6 Å². The van der Waals surface area contributed by atoms with Gasteiger partial charge in [0, 0.05) is 31.1 Å². The van der Waals surface area contributed by atoms with Crippen molar-refractivity contribution in [1.29, 1.82) is 0 Å². The SMILES string of the molecule is CC(=O)Nc1cccc(NC(=O)C2=NN(c3cc(C)ccc3C)C(=O)CC2)c1C. The molecule has 3 amide bonds. The highest BCUT2D eigenvalue weighted by molar-refractivity contribution is 6.44. The fourth-order valence-electron chi connectivity index (χ4n) is 3.14. The zero-order chi connectivity index (χ0) is 21.1. The number of aryl methyl sites for hydroxylation is 2. The van der Waals surface area contributed by atoms with Gasteiger partial charge in [-0.15, -0.1) is 0 Å². The van der Waals surface area contributed by atoms with E-state index in [1.165, 1.54) is 11.9 Å². The average molecular weight is 392 g/mol. The third-order valence-corrected chi connectivity index (χ3v) is 4.78. The van der Waals surface area contributed by atoms with E-state index in [2.05, 4.69) is 15.7 Å². The lowest BCUT2D eigenvalue weighted by atomic mass is 10.1. The molecule has 0 spiro atoms. The molecule has 0 saturated heterocycles. The highest BCUT2D eigenvalue weighted by Gasteiger charge is 2.27. The fourth-order valence-corrected chi connectivity index (χ4v) is 3.14. The van der Waals surface area contributed by atoms with Crippen molar-refractivity contribution < 1.29 is 14.4 Å². The van der Waals surface area contributed by atoms with Crippen LogP contribution in [0.5, 0.6) is 0 Å². The highest BCUT2D eigenvalue weighted by Crippen LogP contribution is 2.27. The first-order valence-corrected chi connectivity index (χ1v) is 9.42. The van der Waals surface area contributed by atoms with Crippen LogP contribution in [0.3, 0.4) is 0 Å². The van der Waals surface area contributed by atoms with Gasteiger partial charge >= 0.3 is 0 Å². The number of nitrogens with one attached hydrogen (secondary N) is 2. The lowest BCUT2D eigenvalue weighted by Gasteiger charge is -2.25. The summed E-state index contributed by atoms with van der Waals surface area (Å²) in [6, 6.07) is 11.1. The number of carbonyl (C=O) groups excluding carboxylic acids is 3. The standard InChI is InChI=1S/C22H24N4O3/c1-13-8-9-14(2)20(12-13)26-21(28)11-10-19(25-26)22(29)24-18-7-5-6-17(15(18)3)23-16(4)27/h5-9,12H,10-11H2,1-4H3,(H,23,27)(H,24,29). The van der Waals surface area contributed by atoms with Crippen molar-refractivity contribution >= 4 is 40.5 Å². The predicted octanol–water partition coefficient (Wildman–Crippen LogP) is 3.69. The minimum Gasteiger partial charge on any atom is -0.326 e. The van der Waals surface area contributed by atoms with Crippen molar-refractivity contribution in [1.82, 2.24) is 0 Å². The van der Waals surface area contributed by atoms with Crippen LogP contribution in [0.4, 0.5) is 17.1 Å². The molecule has 0 unspecified atom stereocenters. The number of hydrogen-bond donors (Lipinski definition) is 2. The first-order chi connectivity index (χ1) is 13.8. The number of amides is 3. The van der Waals surface area contributed by atoms with E-state index in [0.29, 0.717) is 17.1 Å². The summed E-state index contributed by atoms with van der Waals surface area (Å²) < 4.78 is 0. The number of rotatable bonds is 4. The maximum Gasteiger partial charge on any atom is 0.271 e. The topological polar surface area (TPSA) is 90.9 Å². The summed E-state index contributed by atoms with van der Waals surface area (Å²) in [5, 5.41) is 11.3. The fraction of sp³-hybridized carbons (Fsp3) is 0.273. The number of hydrogen-bond acceptors (Lipinski definition) is 4. The molecule has 2 aromatic rings. The van der Waals surface area contributed by atoms with Gasteiger partial charge in [0.1, 0.15) is 5.71 Å². The van der Waals surface area contributed by atoms with Gasteiger partial charge in [0.2, 0.25) is 11.8 Å². The van der Waals surface area contributed by atoms with Crippen LogP contribution < -0.4 is 15.6 Å². The monoisotopic (exact) mass is 392 g/mol. The molecule has 2 aromatic carbocycles. The molecule has 1 heterocycles. The minimum absolute atomic E-state index is 0.140. The van der Waals surface area contributed by atoms with E-state index in [1.54, 1.807) is 18.2 Å². The van der Waals surface area contributed by atoms with Crippen LogP contribution in [0.15, 0.2) is 41.5 Å². The lowest BCUT2D eigenvalue weighted by Crippen LogP contribution is -2.36. The van der Waals surface area contributed by atoms with Crippen LogP contribution >= 0.6 is 0 Å². The molecule has 7 heteroatoms. The molecule has 0 saturated carbocycles. The first kappa shape index (κ1) is 20.3. The van der Waals surface area contributed by atoms with Crippen molar-refractivity contribution in [3.05, 3.63) is 53.1 Å². The molecule has 29 heavy (non-hydrogen) atoms. The number of anilines is 3. The number of benzene rings is 2. The molecule has 0 fully saturated rings. The smallest absolute Gasteiger partial charge is 0.271 e. The van der Waals surface area contributed by atoms with E-state index in [1.807, 2.05) is 39.0 Å². The van der Waals surface area contributed by atoms with Gasteiger partial charge in [-0.2, -0.15) is 5.10 Å². The second kappa shape index (κ2) is 8.26. The summed E-state index contributed by atoms with van der Waals surface area (Å²) in [6.07, 6.45) is 0.487. The molecule has 0 radical (unpaired) electrons. The lowest BCUT2D eigenvalue weighted by molar-refractivity contribution is -0.119. The Morgan fingerprint density at radius 2 is 1.69 bits per heavy atom. The van der Waals surface area contributed by atoms with E-state index < -0.39 is 0 Å². The summed E-state index contributed by atoms with van der Waals surface area (Å²) in [7, 11) is 0. The molecule has 3 rings (SSSR count). The molecule has 2 N–H and O–H groups in total. The molecule has 0 aliphatic carbocycles. The Labute approximate surface area is 169 Å². The van der Waals surface area contributed by atoms with Crippen LogP contribution in [0.2, 0.25) is 0 Å². The van der Waals surface area contributed by atoms with E-state index in [9.17, 15) is 14.4 Å². The van der Waals surface area contributed by atoms with E-state index in [4.69, 9.17) is 0 Å². The maximum atomic E-state index is 12.8. The number of nitrogens with zero attached hydrogens (tertiary/aromatic N) is 2. The molecule has 0 atom stereocenters. The second-order valence-electron chi connectivity index (χ2n) is 7.16. The zero-order valence-electron chi connectivity index (χ0n) is 17.0. The zero-order valence-corrected chi connectivity index (χ0v) is 17.0. The average Bonchev–Trinajstić information content (AvgIpc) is 2.67. The Morgan fingerprint density at radius 3 is 2.38 bits per heavy atom. The van der Waals surface area contributed by atoms with Crippen LogP contribution in [0, 0.1) is 20.8 Å². The van der Waals surface area contributed by atoms with Crippen molar-refractivity contribution in [3.63, 3.8) is 0 Å². The number of carbonyl (C=O) groups is 3. The Balaban J connectivity index is 1.87. The van der Waals surface area contributed by atoms with Gasteiger partial charge in [-0.1, -0.05) is 18.2 Å². The van der Waals surface area contributed by atoms with E-state index in [-0.39, 0.29) is 36.3 Å². The van der Waals surface area contributed by atoms with Crippen molar-refractivity contribution in [3.8, 4) is 0 Å². The molecule has 7 nitrogen and oxygen atoms in total. The molecule has 150 valence electrons. The third kappa shape index (κ3) is 4.51. The summed E-state index contributed by atoms with van der Waals surface area (Å²) >= 11 is 0. The van der Waals surface area contributed by atoms with Crippen molar-refractivity contribution in [2.24, 2.45) is 5.10 Å². The maximum absolute atomic E-state index is 12.8. The molecule has 0 bridgehead atoms. The van der Waals surface area contributed by atoms with Crippen molar-refractivity contribution in [2.45, 2.75) is 40.5 Å². The molecule has 0 aromatic heterocycles. The Bertz CT molecular complexity index is 1030. The van der Waals surface area contributed by atoms with Gasteiger partial charge in [-0.05, 0) is 55.7 Å². The second-order valence-corrected chi connectivity index (χ2v) is 7.16. The molecule has 1 aliphatic rings. The van der Waals surface area contributed by atoms with Crippen LogP contribution in [-0.4, -0.2) is 23.4 Å². The summed E-state index contributed by atoms with van der Waals surface area (Å²) in [5.41, 5.74) is 4.85. The van der Waals surface area contributed by atoms with Crippen LogP contribution in [-0.2, 0) is 14.4 Å². The summed E-state index contributed by atoms with van der Waals surface area (Å²) in [5.74, 6) is -0.689. The van der Waals surface area contributed by atoms with Gasteiger partial charge < -0.3 is 10.6 Å². The Hall–Kier alpha value is -3.48.